The molecule has 0 bridgehead atoms. The molecule has 0 radical (unpaired) electrons. The average Bonchev–Trinajstić information content (AvgIpc) is 3.01. The van der Waals surface area contributed by atoms with Crippen molar-refractivity contribution in [3.8, 4) is 6.07 Å². The van der Waals surface area contributed by atoms with Crippen molar-refractivity contribution >= 4 is 28.7 Å². The van der Waals surface area contributed by atoms with Crippen LogP contribution in [0.2, 0.25) is 0 Å². The van der Waals surface area contributed by atoms with E-state index in [4.69, 9.17) is 0 Å². The normalized spacial score (nSPS) is 15.3. The molecule has 0 aromatic heterocycles. The van der Waals surface area contributed by atoms with Crippen molar-refractivity contribution < 1.29 is 4.79 Å². The molecule has 27 heavy (non-hydrogen) atoms. The zero-order valence-corrected chi connectivity index (χ0v) is 15.8. The summed E-state index contributed by atoms with van der Waals surface area (Å²) >= 11 is 0. The summed E-state index contributed by atoms with van der Waals surface area (Å²) in [6, 6.07) is 19.0. The minimum Gasteiger partial charge on any atom is -0.378 e. The predicted octanol–water partition coefficient (Wildman–Crippen LogP) is 2.95. The van der Waals surface area contributed by atoms with Crippen LogP contribution in [0.3, 0.4) is 0 Å². The van der Waals surface area contributed by atoms with E-state index in [0.29, 0.717) is 28.2 Å². The van der Waals surface area contributed by atoms with Crippen LogP contribution >= 0.6 is 0 Å². The van der Waals surface area contributed by atoms with Gasteiger partial charge in [-0.15, -0.1) is 5.10 Å². The Morgan fingerprint density at radius 1 is 0.963 bits per heavy atom. The summed E-state index contributed by atoms with van der Waals surface area (Å²) in [4.78, 5) is 16.9. The number of carbonyl (C=O) groups excluding carboxylic acids is 1. The molecule has 0 saturated carbocycles. The molecule has 0 unspecified atom stereocenters. The number of para-hydroxylation sites is 1. The van der Waals surface area contributed by atoms with Crippen LogP contribution in [-0.4, -0.2) is 44.8 Å². The zero-order chi connectivity index (χ0) is 19.6. The van der Waals surface area contributed by atoms with Crippen LogP contribution in [0, 0.1) is 11.3 Å². The Kier molecular flexibility index (Phi) is 4.95. The van der Waals surface area contributed by atoms with E-state index in [1.807, 2.05) is 87.7 Å². The number of amides is 1. The second-order valence-corrected chi connectivity index (χ2v) is 6.57. The van der Waals surface area contributed by atoms with Crippen LogP contribution in [0.4, 0.5) is 11.4 Å². The van der Waals surface area contributed by atoms with Crippen LogP contribution in [0.15, 0.2) is 65.3 Å². The second kappa shape index (κ2) is 7.34. The first kappa shape index (κ1) is 18.2. The Hall–Kier alpha value is -3.59. The maximum absolute atomic E-state index is 13.1. The molecular formula is C21H21N5O. The molecule has 0 saturated heterocycles. The molecule has 1 aliphatic rings. The topological polar surface area (TPSA) is 62.9 Å². The molecule has 136 valence electrons. The van der Waals surface area contributed by atoms with Gasteiger partial charge in [-0.3, -0.25) is 4.79 Å². The van der Waals surface area contributed by atoms with E-state index in [0.717, 1.165) is 5.69 Å². The van der Waals surface area contributed by atoms with Gasteiger partial charge in [0.2, 0.25) is 0 Å². The Labute approximate surface area is 159 Å². The van der Waals surface area contributed by atoms with Gasteiger partial charge in [0.1, 0.15) is 11.6 Å². The van der Waals surface area contributed by atoms with Crippen LogP contribution in [0.25, 0.3) is 5.57 Å². The third-order valence-corrected chi connectivity index (χ3v) is 4.28. The number of hydrogen-bond donors (Lipinski definition) is 0. The van der Waals surface area contributed by atoms with E-state index in [-0.39, 0.29) is 5.91 Å². The molecule has 0 spiro atoms. The van der Waals surface area contributed by atoms with E-state index < -0.39 is 0 Å². The molecule has 6 heteroatoms. The monoisotopic (exact) mass is 359 g/mol. The third-order valence-electron chi connectivity index (χ3n) is 4.28. The maximum Gasteiger partial charge on any atom is 0.283 e. The first-order valence-corrected chi connectivity index (χ1v) is 8.52. The first-order valence-electron chi connectivity index (χ1n) is 8.52. The highest BCUT2D eigenvalue weighted by Gasteiger charge is 2.35. The number of nitriles is 1. The van der Waals surface area contributed by atoms with E-state index in [1.54, 1.807) is 4.90 Å². The van der Waals surface area contributed by atoms with Crippen LogP contribution in [0.5, 0.6) is 0 Å². The third kappa shape index (κ3) is 3.40. The van der Waals surface area contributed by atoms with Crippen molar-refractivity contribution in [3.63, 3.8) is 0 Å². The van der Waals surface area contributed by atoms with Gasteiger partial charge in [0.25, 0.3) is 5.91 Å². The minimum atomic E-state index is -0.307. The second-order valence-electron chi connectivity index (χ2n) is 6.57. The van der Waals surface area contributed by atoms with Gasteiger partial charge in [0, 0.05) is 33.9 Å². The summed E-state index contributed by atoms with van der Waals surface area (Å²) in [6.07, 6.45) is 0. The highest BCUT2D eigenvalue weighted by molar-refractivity contribution is 6.34. The number of rotatable bonds is 3. The number of hydrazone groups is 1. The van der Waals surface area contributed by atoms with Crippen molar-refractivity contribution in [2.24, 2.45) is 5.10 Å². The number of allylic oxidation sites excluding steroid dienone is 1. The van der Waals surface area contributed by atoms with Gasteiger partial charge < -0.3 is 9.80 Å². The number of carbonyl (C=O) groups is 1. The van der Waals surface area contributed by atoms with Crippen molar-refractivity contribution in [2.45, 2.75) is 0 Å². The lowest BCUT2D eigenvalue weighted by Gasteiger charge is -2.14. The van der Waals surface area contributed by atoms with E-state index >= 15 is 0 Å². The fourth-order valence-electron chi connectivity index (χ4n) is 2.86. The van der Waals surface area contributed by atoms with Crippen LogP contribution in [-0.2, 0) is 4.79 Å². The molecule has 0 N–H and O–H groups in total. The lowest BCUT2D eigenvalue weighted by Crippen LogP contribution is -2.26. The van der Waals surface area contributed by atoms with Gasteiger partial charge in [-0.05, 0) is 29.8 Å². The maximum atomic E-state index is 13.1. The molecule has 0 aliphatic carbocycles. The fourth-order valence-corrected chi connectivity index (χ4v) is 2.86. The highest BCUT2D eigenvalue weighted by atomic mass is 16.2. The average molecular weight is 359 g/mol. The number of nitrogens with zero attached hydrogens (tertiary/aromatic N) is 5. The number of amidine groups is 1. The molecule has 1 amide bonds. The van der Waals surface area contributed by atoms with Gasteiger partial charge in [-0.2, -0.15) is 10.3 Å². The Balaban J connectivity index is 2.12. The van der Waals surface area contributed by atoms with Crippen molar-refractivity contribution in [2.75, 3.05) is 38.1 Å². The van der Waals surface area contributed by atoms with Crippen LogP contribution < -0.4 is 9.91 Å². The number of likely N-dealkylation sites (N-methyl/N-ethyl adjacent to an activating group) is 1. The van der Waals surface area contributed by atoms with E-state index in [2.05, 4.69) is 11.2 Å². The summed E-state index contributed by atoms with van der Waals surface area (Å²) in [6.45, 7) is 0. The van der Waals surface area contributed by atoms with E-state index in [1.165, 1.54) is 5.01 Å². The molecule has 1 aliphatic heterocycles. The SMILES string of the molecule is CN(C)C1=NN(c2ccccc2)C(=O)C1=C(C#N)c1ccc(N(C)C)cc1. The summed E-state index contributed by atoms with van der Waals surface area (Å²) in [7, 11) is 7.52. The van der Waals surface area contributed by atoms with Gasteiger partial charge in [0.15, 0.2) is 5.84 Å². The Morgan fingerprint density at radius 3 is 2.11 bits per heavy atom. The lowest BCUT2D eigenvalue weighted by atomic mass is 9.99. The number of hydrogen-bond acceptors (Lipinski definition) is 5. The lowest BCUT2D eigenvalue weighted by molar-refractivity contribution is -0.114. The summed E-state index contributed by atoms with van der Waals surface area (Å²) < 4.78 is 0. The Bertz CT molecular complexity index is 950. The van der Waals surface area contributed by atoms with Crippen molar-refractivity contribution in [1.29, 1.82) is 5.26 Å². The molecular weight excluding hydrogens is 338 g/mol. The molecule has 1 heterocycles. The quantitative estimate of drug-likeness (QED) is 0.624. The summed E-state index contributed by atoms with van der Waals surface area (Å²) in [5, 5.41) is 15.6. The number of anilines is 2. The zero-order valence-electron chi connectivity index (χ0n) is 15.8. The van der Waals surface area contributed by atoms with Crippen molar-refractivity contribution in [1.82, 2.24) is 4.90 Å². The summed E-state index contributed by atoms with van der Waals surface area (Å²) in [5.41, 5.74) is 3.00. The fraction of sp³-hybridized carbons (Fsp3) is 0.190. The summed E-state index contributed by atoms with van der Waals surface area (Å²) in [5.74, 6) is 0.162. The molecule has 6 nitrogen and oxygen atoms in total. The molecule has 0 atom stereocenters. The first-order chi connectivity index (χ1) is 12.9. The standard InChI is InChI=1S/C21H21N5O/c1-24(2)16-12-10-15(11-13-16)18(14-22)19-20(25(3)4)23-26(21(19)27)17-8-6-5-7-9-17/h5-13H,1-4H3. The Morgan fingerprint density at radius 2 is 1.59 bits per heavy atom. The minimum absolute atomic E-state index is 0.307. The highest BCUT2D eigenvalue weighted by Crippen LogP contribution is 2.30. The van der Waals surface area contributed by atoms with Gasteiger partial charge in [-0.1, -0.05) is 30.3 Å². The van der Waals surface area contributed by atoms with Gasteiger partial charge in [-0.25, -0.2) is 0 Å². The predicted molar refractivity (Wildman–Crippen MR) is 108 cm³/mol. The molecule has 2 aromatic rings. The van der Waals surface area contributed by atoms with Gasteiger partial charge in [0.05, 0.1) is 11.3 Å². The largest absolute Gasteiger partial charge is 0.378 e. The van der Waals surface area contributed by atoms with Crippen molar-refractivity contribution in [3.05, 3.63) is 65.7 Å². The van der Waals surface area contributed by atoms with Gasteiger partial charge >= 0.3 is 0 Å². The number of benzene rings is 2. The molecule has 2 aromatic carbocycles. The molecule has 0 fully saturated rings. The smallest absolute Gasteiger partial charge is 0.283 e. The van der Waals surface area contributed by atoms with Crippen LogP contribution in [0.1, 0.15) is 5.56 Å². The van der Waals surface area contributed by atoms with E-state index in [9.17, 15) is 10.1 Å². The molecule has 3 rings (SSSR count).